The largest absolute Gasteiger partial charge is 0.490 e. The minimum absolute atomic E-state index is 0.0224. The Morgan fingerprint density at radius 3 is 2.24 bits per heavy atom. The summed E-state index contributed by atoms with van der Waals surface area (Å²) in [6.07, 6.45) is -0.882. The van der Waals surface area contributed by atoms with Crippen LogP contribution in [0.2, 0.25) is 0 Å². The van der Waals surface area contributed by atoms with Crippen LogP contribution >= 0.6 is 0 Å². The third-order valence-corrected chi connectivity index (χ3v) is 4.18. The third-order valence-electron chi connectivity index (χ3n) is 4.18. The van der Waals surface area contributed by atoms with Gasteiger partial charge < -0.3 is 20.1 Å². The molecule has 176 valence electrons. The second kappa shape index (κ2) is 10.3. The Kier molecular flexibility index (Phi) is 8.23. The summed E-state index contributed by atoms with van der Waals surface area (Å²) in [7, 11) is -1.90. The van der Waals surface area contributed by atoms with Crippen LogP contribution in [0.4, 0.5) is 13.6 Å². The lowest BCUT2D eigenvalue weighted by Crippen LogP contribution is -2.42. The molecule has 0 radical (unpaired) electrons. The summed E-state index contributed by atoms with van der Waals surface area (Å²) in [6.45, 7) is 10.8. The van der Waals surface area contributed by atoms with Gasteiger partial charge in [-0.3, -0.25) is 0 Å². The first-order valence-corrected chi connectivity index (χ1v) is 10.5. The molecule has 0 fully saturated rings. The van der Waals surface area contributed by atoms with Gasteiger partial charge in [0.05, 0.1) is 11.7 Å². The first-order chi connectivity index (χ1) is 15.1. The van der Waals surface area contributed by atoms with Crippen molar-refractivity contribution in [1.82, 2.24) is 10.3 Å². The smallest absolute Gasteiger partial charge is 0.444 e. The number of rotatable bonds is 5. The molecule has 1 aromatic heterocycles. The number of carbonyl (C=O) groups is 1. The Bertz CT molecular complexity index is 1050. The van der Waals surface area contributed by atoms with Crippen molar-refractivity contribution in [1.29, 1.82) is 0 Å². The molecule has 1 amide bonds. The van der Waals surface area contributed by atoms with E-state index < -0.39 is 36.5 Å². The lowest BCUT2D eigenvalue weighted by molar-refractivity contribution is 0.0502. The standard InChI is InChI=1S/C24H29BF2N2O4/c1-23(2,3)10-9-18-7-8-19(25(31)32)21(28-18)20(29-22(30)33-24(4,5)6)13-15-11-16(26)14-17(27)12-15/h7-8,11-12,14,20,31-32H,13H2,1-6H3,(H,29,30)/t20-/m0/s1. The third kappa shape index (κ3) is 8.83. The highest BCUT2D eigenvalue weighted by Gasteiger charge is 2.28. The molecule has 0 spiro atoms. The Morgan fingerprint density at radius 2 is 1.73 bits per heavy atom. The molecule has 0 aliphatic rings. The topological polar surface area (TPSA) is 91.7 Å². The molecule has 0 bridgehead atoms. The predicted molar refractivity (Wildman–Crippen MR) is 123 cm³/mol. The Balaban J connectivity index is 2.56. The molecule has 1 aromatic carbocycles. The monoisotopic (exact) mass is 458 g/mol. The van der Waals surface area contributed by atoms with Gasteiger partial charge >= 0.3 is 13.2 Å². The van der Waals surface area contributed by atoms with Crippen LogP contribution in [-0.2, 0) is 11.2 Å². The molecule has 2 aromatic rings. The Labute approximate surface area is 193 Å². The highest BCUT2D eigenvalue weighted by Crippen LogP contribution is 2.20. The second-order valence-electron chi connectivity index (χ2n) is 9.73. The first kappa shape index (κ1) is 26.3. The zero-order valence-corrected chi connectivity index (χ0v) is 19.7. The molecule has 33 heavy (non-hydrogen) atoms. The van der Waals surface area contributed by atoms with Gasteiger partial charge in [-0.2, -0.15) is 0 Å². The number of hydrogen-bond donors (Lipinski definition) is 3. The van der Waals surface area contributed by atoms with Gasteiger partial charge in [-0.25, -0.2) is 18.6 Å². The SMILES string of the molecule is CC(C)(C)C#Cc1ccc(B(O)O)c([C@H](Cc2cc(F)cc(F)c2)NC(=O)OC(C)(C)C)n1. The molecule has 1 atom stereocenters. The molecular weight excluding hydrogens is 429 g/mol. The fraction of sp³-hybridized carbons (Fsp3) is 0.417. The average Bonchev–Trinajstić information content (AvgIpc) is 2.62. The van der Waals surface area contributed by atoms with E-state index in [1.54, 1.807) is 20.8 Å². The number of carbonyl (C=O) groups excluding carboxylic acids is 1. The maximum absolute atomic E-state index is 13.8. The van der Waals surface area contributed by atoms with Crippen molar-refractivity contribution in [3.63, 3.8) is 0 Å². The van der Waals surface area contributed by atoms with Crippen molar-refractivity contribution in [2.45, 2.75) is 59.6 Å². The zero-order valence-electron chi connectivity index (χ0n) is 19.7. The summed E-state index contributed by atoms with van der Waals surface area (Å²) < 4.78 is 32.9. The minimum atomic E-state index is -1.90. The van der Waals surface area contributed by atoms with E-state index in [0.717, 1.165) is 18.2 Å². The number of pyridine rings is 1. The highest BCUT2D eigenvalue weighted by atomic mass is 19.1. The number of halogens is 2. The van der Waals surface area contributed by atoms with E-state index in [4.69, 9.17) is 4.74 Å². The van der Waals surface area contributed by atoms with Gasteiger partial charge in [0.1, 0.15) is 22.9 Å². The summed E-state index contributed by atoms with van der Waals surface area (Å²) in [5.74, 6) is 4.42. The summed E-state index contributed by atoms with van der Waals surface area (Å²) in [5.41, 5.74) is -0.405. The Hall–Kier alpha value is -2.96. The van der Waals surface area contributed by atoms with Gasteiger partial charge in [-0.1, -0.05) is 12.0 Å². The summed E-state index contributed by atoms with van der Waals surface area (Å²) >= 11 is 0. The Morgan fingerprint density at radius 1 is 1.12 bits per heavy atom. The number of amides is 1. The van der Waals surface area contributed by atoms with Crippen LogP contribution in [0.3, 0.4) is 0 Å². The number of ether oxygens (including phenoxy) is 1. The fourth-order valence-electron chi connectivity index (χ4n) is 2.93. The molecule has 3 N–H and O–H groups in total. The highest BCUT2D eigenvalue weighted by molar-refractivity contribution is 6.59. The number of hydrogen-bond acceptors (Lipinski definition) is 5. The number of nitrogens with zero attached hydrogens (tertiary/aromatic N) is 1. The molecule has 0 saturated heterocycles. The van der Waals surface area contributed by atoms with Crippen molar-refractivity contribution in [2.24, 2.45) is 5.41 Å². The van der Waals surface area contributed by atoms with Gasteiger partial charge in [0.2, 0.25) is 0 Å². The van der Waals surface area contributed by atoms with E-state index in [1.807, 2.05) is 20.8 Å². The predicted octanol–water partition coefficient (Wildman–Crippen LogP) is 3.25. The van der Waals surface area contributed by atoms with E-state index in [1.165, 1.54) is 12.1 Å². The van der Waals surface area contributed by atoms with Gasteiger partial charge in [0.15, 0.2) is 0 Å². The van der Waals surface area contributed by atoms with Gasteiger partial charge in [0.25, 0.3) is 0 Å². The molecule has 2 rings (SSSR count). The molecule has 9 heteroatoms. The van der Waals surface area contributed by atoms with E-state index >= 15 is 0 Å². The number of nitrogens with one attached hydrogen (secondary N) is 1. The number of aromatic nitrogens is 1. The summed E-state index contributed by atoms with van der Waals surface area (Å²) in [4.78, 5) is 17.0. The normalized spacial score (nSPS) is 12.4. The molecule has 1 heterocycles. The van der Waals surface area contributed by atoms with E-state index in [2.05, 4.69) is 22.1 Å². The molecule has 0 aliphatic carbocycles. The van der Waals surface area contributed by atoms with Crippen LogP contribution in [-0.4, -0.2) is 33.8 Å². The van der Waals surface area contributed by atoms with Crippen LogP contribution < -0.4 is 10.8 Å². The van der Waals surface area contributed by atoms with Gasteiger partial charge in [0, 0.05) is 16.9 Å². The molecule has 0 unspecified atom stereocenters. The lowest BCUT2D eigenvalue weighted by Gasteiger charge is -2.25. The van der Waals surface area contributed by atoms with E-state index in [0.29, 0.717) is 5.69 Å². The fourth-order valence-corrected chi connectivity index (χ4v) is 2.93. The van der Waals surface area contributed by atoms with Crippen LogP contribution in [0.5, 0.6) is 0 Å². The summed E-state index contributed by atoms with van der Waals surface area (Å²) in [5, 5.41) is 22.4. The van der Waals surface area contributed by atoms with Crippen molar-refractivity contribution in [2.75, 3.05) is 0 Å². The second-order valence-corrected chi connectivity index (χ2v) is 9.73. The first-order valence-electron chi connectivity index (χ1n) is 10.5. The minimum Gasteiger partial charge on any atom is -0.444 e. The number of alkyl carbamates (subject to hydrolysis) is 1. The van der Waals surface area contributed by atoms with Crippen LogP contribution in [0.15, 0.2) is 30.3 Å². The maximum Gasteiger partial charge on any atom is 0.490 e. The average molecular weight is 458 g/mol. The molecule has 6 nitrogen and oxygen atoms in total. The van der Waals surface area contributed by atoms with Gasteiger partial charge in [-0.05, 0) is 77.6 Å². The van der Waals surface area contributed by atoms with Crippen molar-refractivity contribution < 1.29 is 28.4 Å². The summed E-state index contributed by atoms with van der Waals surface area (Å²) in [6, 6.07) is 4.98. The van der Waals surface area contributed by atoms with Gasteiger partial charge in [-0.15, -0.1) is 0 Å². The van der Waals surface area contributed by atoms with Crippen LogP contribution in [0.1, 0.15) is 64.5 Å². The van der Waals surface area contributed by atoms with Crippen molar-refractivity contribution >= 4 is 18.7 Å². The number of benzene rings is 1. The maximum atomic E-state index is 13.8. The lowest BCUT2D eigenvalue weighted by atomic mass is 9.76. The molecular formula is C24H29BF2N2O4. The molecule has 0 saturated carbocycles. The van der Waals surface area contributed by atoms with Crippen LogP contribution in [0.25, 0.3) is 0 Å². The quantitative estimate of drug-likeness (QED) is 0.473. The van der Waals surface area contributed by atoms with E-state index in [-0.39, 0.29) is 28.6 Å². The molecule has 0 aliphatic heterocycles. The van der Waals surface area contributed by atoms with Crippen molar-refractivity contribution in [3.05, 3.63) is 58.9 Å². The van der Waals surface area contributed by atoms with Crippen LogP contribution in [0, 0.1) is 28.9 Å². The zero-order chi connectivity index (χ0) is 25.0. The van der Waals surface area contributed by atoms with E-state index in [9.17, 15) is 23.6 Å². The van der Waals surface area contributed by atoms with Crippen molar-refractivity contribution in [3.8, 4) is 11.8 Å².